The Hall–Kier alpha value is -1.63. The second-order valence-electron chi connectivity index (χ2n) is 4.88. The van der Waals surface area contributed by atoms with Crippen LogP contribution in [0.3, 0.4) is 0 Å². The minimum atomic E-state index is -0.769. The van der Waals surface area contributed by atoms with E-state index >= 15 is 0 Å². The molecule has 0 aliphatic carbocycles. The molecule has 7 heteroatoms. The molecule has 3 amide bonds. The maximum absolute atomic E-state index is 12.2. The number of carbonyl (C=O) groups excluding carboxylic acids is 2. The first-order chi connectivity index (χ1) is 9.03. The Balaban J connectivity index is 1.87. The number of carbonyl (C=O) groups is 2. The molecule has 3 rings (SSSR count). The lowest BCUT2D eigenvalue weighted by atomic mass is 9.99. The number of hydrogen-bond donors (Lipinski definition) is 1. The van der Waals surface area contributed by atoms with Crippen LogP contribution in [0, 0.1) is 0 Å². The van der Waals surface area contributed by atoms with Gasteiger partial charge in [-0.15, -0.1) is 0 Å². The predicted octanol–water partition coefficient (Wildman–Crippen LogP) is 0.975. The molecule has 0 aromatic carbocycles. The minimum Gasteiger partial charge on any atom is -0.368 e. The molecule has 19 heavy (non-hydrogen) atoms. The minimum absolute atomic E-state index is 0.148. The van der Waals surface area contributed by atoms with Gasteiger partial charge in [-0.1, -0.05) is 0 Å². The number of halogens is 1. The molecule has 6 nitrogen and oxygen atoms in total. The lowest BCUT2D eigenvalue weighted by molar-refractivity contribution is -0.129. The van der Waals surface area contributed by atoms with Crippen molar-refractivity contribution in [1.82, 2.24) is 15.2 Å². The molecule has 2 aliphatic heterocycles. The van der Waals surface area contributed by atoms with Gasteiger partial charge in [-0.25, -0.2) is 4.79 Å². The summed E-state index contributed by atoms with van der Waals surface area (Å²) in [5.41, 5.74) is 0.220. The summed E-state index contributed by atoms with van der Waals surface area (Å²) in [6.07, 6.45) is 4.06. The van der Waals surface area contributed by atoms with Crippen LogP contribution in [-0.2, 0) is 4.79 Å². The Kier molecular flexibility index (Phi) is 2.74. The highest BCUT2D eigenvalue weighted by atomic mass is 79.9. The SMILES string of the molecule is CN1C(=O)NC2(CCN(c3ccncc3Br)C2)C1=O. The maximum Gasteiger partial charge on any atom is 0.324 e. The number of hydrogen-bond acceptors (Lipinski definition) is 4. The van der Waals surface area contributed by atoms with Gasteiger partial charge in [0.15, 0.2) is 0 Å². The fourth-order valence-electron chi connectivity index (χ4n) is 2.67. The van der Waals surface area contributed by atoms with Gasteiger partial charge in [0.2, 0.25) is 0 Å². The van der Waals surface area contributed by atoms with Crippen molar-refractivity contribution in [1.29, 1.82) is 0 Å². The average molecular weight is 325 g/mol. The van der Waals surface area contributed by atoms with Gasteiger partial charge in [-0.2, -0.15) is 0 Å². The van der Waals surface area contributed by atoms with E-state index in [1.54, 1.807) is 12.4 Å². The first-order valence-electron chi connectivity index (χ1n) is 5.98. The summed E-state index contributed by atoms with van der Waals surface area (Å²) in [6.45, 7) is 1.22. The van der Waals surface area contributed by atoms with Crippen LogP contribution >= 0.6 is 15.9 Å². The lowest BCUT2D eigenvalue weighted by Gasteiger charge is -2.23. The van der Waals surface area contributed by atoms with Crippen molar-refractivity contribution in [2.45, 2.75) is 12.0 Å². The molecule has 2 fully saturated rings. The fourth-order valence-corrected chi connectivity index (χ4v) is 3.17. The van der Waals surface area contributed by atoms with Gasteiger partial charge in [0.1, 0.15) is 5.54 Å². The van der Waals surface area contributed by atoms with E-state index < -0.39 is 5.54 Å². The van der Waals surface area contributed by atoms with Crippen LogP contribution in [0.1, 0.15) is 6.42 Å². The molecule has 1 N–H and O–H groups in total. The Bertz CT molecular complexity index is 564. The van der Waals surface area contributed by atoms with Crippen LogP contribution in [0.4, 0.5) is 10.5 Å². The normalized spacial score (nSPS) is 26.4. The van der Waals surface area contributed by atoms with Gasteiger partial charge < -0.3 is 10.2 Å². The van der Waals surface area contributed by atoms with Crippen molar-refractivity contribution in [3.05, 3.63) is 22.9 Å². The van der Waals surface area contributed by atoms with Crippen LogP contribution in [0.15, 0.2) is 22.9 Å². The molecule has 1 atom stereocenters. The van der Waals surface area contributed by atoms with Crippen LogP contribution < -0.4 is 10.2 Å². The Morgan fingerprint density at radius 2 is 2.26 bits per heavy atom. The molecular weight excluding hydrogens is 312 g/mol. The molecule has 2 saturated heterocycles. The van der Waals surface area contributed by atoms with Crippen molar-refractivity contribution in [2.24, 2.45) is 0 Å². The van der Waals surface area contributed by atoms with Crippen molar-refractivity contribution in [3.63, 3.8) is 0 Å². The second-order valence-corrected chi connectivity index (χ2v) is 5.73. The standard InChI is InChI=1S/C12H13BrN4O2/c1-16-10(18)12(15-11(16)19)3-5-17(7-12)9-2-4-14-6-8(9)13/h2,4,6H,3,5,7H2,1H3,(H,15,19). The Morgan fingerprint density at radius 1 is 1.47 bits per heavy atom. The van der Waals surface area contributed by atoms with Crippen LogP contribution in [0.25, 0.3) is 0 Å². The summed E-state index contributed by atoms with van der Waals surface area (Å²) < 4.78 is 0.886. The summed E-state index contributed by atoms with van der Waals surface area (Å²) in [5.74, 6) is -0.148. The number of pyridine rings is 1. The zero-order valence-electron chi connectivity index (χ0n) is 10.4. The molecule has 1 aromatic rings. The van der Waals surface area contributed by atoms with Crippen molar-refractivity contribution in [2.75, 3.05) is 25.0 Å². The molecule has 0 bridgehead atoms. The summed E-state index contributed by atoms with van der Waals surface area (Å²) in [6, 6.07) is 1.58. The Labute approximate surface area is 118 Å². The Morgan fingerprint density at radius 3 is 2.89 bits per heavy atom. The van der Waals surface area contributed by atoms with Gasteiger partial charge in [0.05, 0.1) is 16.7 Å². The molecule has 2 aliphatic rings. The fraction of sp³-hybridized carbons (Fsp3) is 0.417. The quantitative estimate of drug-likeness (QED) is 0.782. The highest BCUT2D eigenvalue weighted by molar-refractivity contribution is 9.10. The molecule has 1 spiro atoms. The lowest BCUT2D eigenvalue weighted by Crippen LogP contribution is -2.49. The molecule has 3 heterocycles. The predicted molar refractivity (Wildman–Crippen MR) is 72.8 cm³/mol. The van der Waals surface area contributed by atoms with Gasteiger partial charge in [-0.05, 0) is 28.4 Å². The summed E-state index contributed by atoms with van der Waals surface area (Å²) in [7, 11) is 1.51. The van der Waals surface area contributed by atoms with E-state index in [9.17, 15) is 9.59 Å². The summed E-state index contributed by atoms with van der Waals surface area (Å²) >= 11 is 3.46. The highest BCUT2D eigenvalue weighted by Crippen LogP contribution is 2.34. The number of anilines is 1. The van der Waals surface area contributed by atoms with Crippen molar-refractivity contribution >= 4 is 33.6 Å². The number of nitrogens with zero attached hydrogens (tertiary/aromatic N) is 3. The third-order valence-corrected chi connectivity index (χ3v) is 4.34. The number of nitrogens with one attached hydrogen (secondary N) is 1. The summed E-state index contributed by atoms with van der Waals surface area (Å²) in [5, 5.41) is 2.81. The monoisotopic (exact) mass is 324 g/mol. The second kappa shape index (κ2) is 4.19. The van der Waals surface area contributed by atoms with Gasteiger partial charge in [0, 0.05) is 26.0 Å². The van der Waals surface area contributed by atoms with Gasteiger partial charge in [-0.3, -0.25) is 14.7 Å². The molecule has 0 radical (unpaired) electrons. The van der Waals surface area contributed by atoms with E-state index in [1.807, 2.05) is 6.07 Å². The van der Waals surface area contributed by atoms with Crippen LogP contribution in [0.2, 0.25) is 0 Å². The van der Waals surface area contributed by atoms with Gasteiger partial charge in [0.25, 0.3) is 5.91 Å². The van der Waals surface area contributed by atoms with Gasteiger partial charge >= 0.3 is 6.03 Å². The third-order valence-electron chi connectivity index (χ3n) is 3.73. The smallest absolute Gasteiger partial charge is 0.324 e. The number of rotatable bonds is 1. The van der Waals surface area contributed by atoms with E-state index in [0.717, 1.165) is 21.6 Å². The first kappa shape index (κ1) is 12.4. The molecule has 1 unspecified atom stereocenters. The molecular formula is C12H13BrN4O2. The number of amides is 3. The highest BCUT2D eigenvalue weighted by Gasteiger charge is 2.53. The molecule has 1 aromatic heterocycles. The molecule has 100 valence electrons. The number of imide groups is 1. The van der Waals surface area contributed by atoms with E-state index in [2.05, 4.69) is 31.1 Å². The average Bonchev–Trinajstić information content (AvgIpc) is 2.90. The van der Waals surface area contributed by atoms with E-state index in [0.29, 0.717) is 13.0 Å². The number of urea groups is 1. The zero-order chi connectivity index (χ0) is 13.6. The third kappa shape index (κ3) is 1.80. The summed E-state index contributed by atoms with van der Waals surface area (Å²) in [4.78, 5) is 31.1. The van der Waals surface area contributed by atoms with Crippen LogP contribution in [-0.4, -0.2) is 47.5 Å². The number of likely N-dealkylation sites (N-methyl/N-ethyl adjacent to an activating group) is 1. The first-order valence-corrected chi connectivity index (χ1v) is 6.77. The van der Waals surface area contributed by atoms with E-state index in [4.69, 9.17) is 0 Å². The maximum atomic E-state index is 12.2. The van der Waals surface area contributed by atoms with Crippen molar-refractivity contribution < 1.29 is 9.59 Å². The topological polar surface area (TPSA) is 65.5 Å². The van der Waals surface area contributed by atoms with E-state index in [1.165, 1.54) is 7.05 Å². The molecule has 0 saturated carbocycles. The zero-order valence-corrected chi connectivity index (χ0v) is 12.0. The number of aromatic nitrogens is 1. The van der Waals surface area contributed by atoms with Crippen molar-refractivity contribution in [3.8, 4) is 0 Å². The van der Waals surface area contributed by atoms with Crippen LogP contribution in [0.5, 0.6) is 0 Å². The largest absolute Gasteiger partial charge is 0.368 e. The van der Waals surface area contributed by atoms with E-state index in [-0.39, 0.29) is 11.9 Å².